The van der Waals surface area contributed by atoms with Gasteiger partial charge < -0.3 is 50.6 Å². The monoisotopic (exact) mass is 1070 g/mol. The average Bonchev–Trinajstić information content (AvgIpc) is 4.17. The minimum absolute atomic E-state index is 0.0339. The molecule has 18 nitrogen and oxygen atoms in total. The van der Waals surface area contributed by atoms with Gasteiger partial charge in [0.25, 0.3) is 11.5 Å². The number of allylic oxidation sites excluding steroid dienone is 1. The van der Waals surface area contributed by atoms with E-state index in [9.17, 15) is 29.1 Å². The second-order valence-corrected chi connectivity index (χ2v) is 22.4. The molecule has 5 aromatic rings. The van der Waals surface area contributed by atoms with E-state index >= 15 is 0 Å². The van der Waals surface area contributed by atoms with E-state index in [0.29, 0.717) is 36.6 Å². The third-order valence-corrected chi connectivity index (χ3v) is 15.9. The number of hydrogen-bond donors (Lipinski definition) is 6. The quantitative estimate of drug-likeness (QED) is 0.0485. The first-order valence-electron chi connectivity index (χ1n) is 26.6. The molecule has 2 saturated heterocycles. The second kappa shape index (κ2) is 24.7. The van der Waals surface area contributed by atoms with E-state index in [0.717, 1.165) is 81.3 Å². The lowest BCUT2D eigenvalue weighted by Crippen LogP contribution is -2.58. The van der Waals surface area contributed by atoms with Crippen molar-refractivity contribution in [2.75, 3.05) is 50.3 Å². The Bertz CT molecular complexity index is 3030. The van der Waals surface area contributed by atoms with Crippen LogP contribution in [0.25, 0.3) is 27.3 Å². The number of aromatic amines is 1. The summed E-state index contributed by atoms with van der Waals surface area (Å²) >= 11 is 1.75. The van der Waals surface area contributed by atoms with Crippen LogP contribution in [-0.4, -0.2) is 123 Å². The van der Waals surface area contributed by atoms with E-state index < -0.39 is 35.4 Å². The van der Waals surface area contributed by atoms with Crippen LogP contribution >= 0.6 is 11.8 Å². The van der Waals surface area contributed by atoms with Gasteiger partial charge >= 0.3 is 0 Å². The molecule has 410 valence electrons. The molecule has 5 heterocycles. The number of amides is 4. The number of ether oxygens (including phenoxy) is 2. The van der Waals surface area contributed by atoms with E-state index in [-0.39, 0.29) is 62.2 Å². The van der Waals surface area contributed by atoms with Crippen molar-refractivity contribution in [1.82, 2.24) is 46.1 Å². The maximum Gasteiger partial charge on any atom is 0.253 e. The van der Waals surface area contributed by atoms with Crippen molar-refractivity contribution in [3.8, 4) is 22.4 Å². The topological polar surface area (TPSA) is 225 Å². The highest BCUT2D eigenvalue weighted by Gasteiger charge is 2.45. The molecule has 19 heteroatoms. The molecule has 0 aliphatic carbocycles. The molecule has 6 N–H and O–H groups in total. The molecule has 4 atom stereocenters. The minimum atomic E-state index is -1.00. The van der Waals surface area contributed by atoms with E-state index in [1.165, 1.54) is 9.81 Å². The zero-order valence-corrected chi connectivity index (χ0v) is 46.6. The molecule has 0 unspecified atom stereocenters. The number of anilines is 1. The number of carbonyl (C=O) groups excluding carboxylic acids is 4. The molecule has 4 amide bonds. The largest absolute Gasteiger partial charge is 0.391 e. The van der Waals surface area contributed by atoms with Crippen LogP contribution < -0.4 is 31.7 Å². The van der Waals surface area contributed by atoms with Gasteiger partial charge in [-0.05, 0) is 111 Å². The number of H-pyrrole nitrogens is 1. The van der Waals surface area contributed by atoms with Crippen LogP contribution in [0.5, 0.6) is 0 Å². The summed E-state index contributed by atoms with van der Waals surface area (Å²) in [5.41, 5.74) is 9.91. The smallest absolute Gasteiger partial charge is 0.253 e. The number of aromatic nitrogens is 4. The van der Waals surface area contributed by atoms with Gasteiger partial charge in [0, 0.05) is 84.0 Å². The van der Waals surface area contributed by atoms with Gasteiger partial charge in [-0.3, -0.25) is 24.0 Å². The van der Waals surface area contributed by atoms with Gasteiger partial charge in [-0.2, -0.15) is 0 Å². The Balaban J connectivity index is 0.870. The summed E-state index contributed by atoms with van der Waals surface area (Å²) in [6, 6.07) is 19.9. The van der Waals surface area contributed by atoms with Gasteiger partial charge in [-0.25, -0.2) is 4.68 Å². The predicted molar refractivity (Wildman–Crippen MR) is 300 cm³/mol. The third-order valence-electron chi connectivity index (χ3n) is 14.8. The number of β-amino-alcohol motifs (C(OH)–C–C–N with tert-alkyl or cyclic N) is 1. The van der Waals surface area contributed by atoms with Crippen LogP contribution in [0.2, 0.25) is 0 Å². The SMILES string of the molecule is CCN(c1cc(-c2ccc(-c3cn(CCOCC(=O)N[C@H](C(=O)N4C[C@H](O)C[C@H]4C(=O)N[C@@H](C)c4ccc(C5=C(C)NCS5)cc4)C(C)(C)C)nn3)cc2)cc(C(=O)NCc2c(C)cc(C)[nH]c2=O)c1C)C1CCOCC1. The minimum Gasteiger partial charge on any atom is -0.391 e. The standard InChI is InChI=1S/C58H74N10O8S/c1-10-67(44-19-22-75-23-20-44)49-27-43(26-46(36(49)4)54(71)59-29-47-34(2)25-35(3)61-55(47)72)40-13-15-41(16-14-40)48-31-66(65-64-48)21-24-76-32-51(70)63-53(58(7,8)9)57(74)68-30-45(69)28-50(68)56(73)62-37(5)39-11-17-42(18-12-39)52-38(6)60-33-77-52/h11-18,25-27,31,37,44-45,50,53,60,69H,10,19-24,28-30,32-33H2,1-9H3,(H,59,71)(H,61,72)(H,62,73)(H,63,70)/t37-,45+,50-,53+/m0/s1. The molecule has 0 radical (unpaired) electrons. The molecule has 0 bridgehead atoms. The fraction of sp³-hybridized carbons (Fsp3) is 0.466. The Morgan fingerprint density at radius 1 is 0.948 bits per heavy atom. The molecule has 3 aliphatic rings. The lowest BCUT2D eigenvalue weighted by Gasteiger charge is -2.37. The number of nitrogens with one attached hydrogen (secondary N) is 5. The number of pyridine rings is 1. The zero-order chi connectivity index (χ0) is 55.1. The highest BCUT2D eigenvalue weighted by atomic mass is 32.2. The number of aliphatic hydroxyl groups is 1. The van der Waals surface area contributed by atoms with Gasteiger partial charge in [0.15, 0.2) is 0 Å². The normalized spacial score (nSPS) is 17.7. The van der Waals surface area contributed by atoms with Crippen LogP contribution in [0.3, 0.4) is 0 Å². The van der Waals surface area contributed by atoms with Crippen molar-refractivity contribution in [1.29, 1.82) is 0 Å². The number of benzene rings is 3. The average molecular weight is 1070 g/mol. The molecule has 0 spiro atoms. The Hall–Kier alpha value is -6.80. The number of likely N-dealkylation sites (tertiary alicyclic amines) is 1. The Labute approximate surface area is 455 Å². The summed E-state index contributed by atoms with van der Waals surface area (Å²) < 4.78 is 13.1. The number of thioether (sulfide) groups is 1. The molecule has 8 rings (SSSR count). The molecule has 2 fully saturated rings. The molecule has 2 aromatic heterocycles. The first kappa shape index (κ1) is 56.4. The summed E-state index contributed by atoms with van der Waals surface area (Å²) in [5, 5.41) is 31.7. The van der Waals surface area contributed by atoms with Crippen molar-refractivity contribution in [3.05, 3.63) is 128 Å². The second-order valence-electron chi connectivity index (χ2n) is 21.5. The molecular weight excluding hydrogens is 997 g/mol. The number of carbonyl (C=O) groups is 4. The Kier molecular flexibility index (Phi) is 18.1. The zero-order valence-electron chi connectivity index (χ0n) is 45.7. The van der Waals surface area contributed by atoms with Crippen LogP contribution in [0.4, 0.5) is 5.69 Å². The maximum atomic E-state index is 14.2. The van der Waals surface area contributed by atoms with Crippen LogP contribution in [-0.2, 0) is 36.9 Å². The summed E-state index contributed by atoms with van der Waals surface area (Å²) in [6.45, 7) is 19.6. The highest BCUT2D eigenvalue weighted by molar-refractivity contribution is 8.08. The number of hydrogen-bond acceptors (Lipinski definition) is 13. The van der Waals surface area contributed by atoms with E-state index in [2.05, 4.69) is 61.4 Å². The van der Waals surface area contributed by atoms with Crippen LogP contribution in [0, 0.1) is 26.2 Å². The number of nitrogens with zero attached hydrogens (tertiary/aromatic N) is 5. The fourth-order valence-electron chi connectivity index (χ4n) is 10.4. The van der Waals surface area contributed by atoms with Gasteiger partial charge in [0.05, 0.1) is 37.4 Å². The van der Waals surface area contributed by atoms with Crippen LogP contribution in [0.15, 0.2) is 83.4 Å². The summed E-state index contributed by atoms with van der Waals surface area (Å²) in [5.74, 6) is -0.758. The third kappa shape index (κ3) is 13.5. The Morgan fingerprint density at radius 3 is 2.31 bits per heavy atom. The van der Waals surface area contributed by atoms with Crippen molar-refractivity contribution in [2.24, 2.45) is 5.41 Å². The maximum absolute atomic E-state index is 14.2. The van der Waals surface area contributed by atoms with Crippen molar-refractivity contribution in [3.63, 3.8) is 0 Å². The molecule has 3 aliphatic heterocycles. The first-order chi connectivity index (χ1) is 36.8. The number of aliphatic hydroxyl groups excluding tert-OH is 1. The van der Waals surface area contributed by atoms with E-state index in [1.54, 1.807) is 22.6 Å². The highest BCUT2D eigenvalue weighted by Crippen LogP contribution is 2.36. The van der Waals surface area contributed by atoms with Crippen molar-refractivity contribution >= 4 is 46.0 Å². The van der Waals surface area contributed by atoms with Crippen LogP contribution in [0.1, 0.15) is 111 Å². The van der Waals surface area contributed by atoms with Gasteiger partial charge in [0.2, 0.25) is 17.7 Å². The Morgan fingerprint density at radius 2 is 1.65 bits per heavy atom. The molecule has 77 heavy (non-hydrogen) atoms. The van der Waals surface area contributed by atoms with Gasteiger partial charge in [-0.1, -0.05) is 74.5 Å². The summed E-state index contributed by atoms with van der Waals surface area (Å²) in [4.78, 5) is 76.0. The predicted octanol–water partition coefficient (Wildman–Crippen LogP) is 6.53. The van der Waals surface area contributed by atoms with Crippen molar-refractivity contribution < 1.29 is 33.8 Å². The molecule has 0 saturated carbocycles. The van der Waals surface area contributed by atoms with Gasteiger partial charge in [-0.15, -0.1) is 16.9 Å². The molecular formula is C58H74N10O8S. The summed E-state index contributed by atoms with van der Waals surface area (Å²) in [7, 11) is 0. The van der Waals surface area contributed by atoms with E-state index in [1.807, 2.05) is 109 Å². The summed E-state index contributed by atoms with van der Waals surface area (Å²) in [6.07, 6.45) is 2.75. The lowest BCUT2D eigenvalue weighted by molar-refractivity contribution is -0.144. The van der Waals surface area contributed by atoms with Crippen molar-refractivity contribution in [2.45, 2.75) is 125 Å². The van der Waals surface area contributed by atoms with E-state index in [4.69, 9.17) is 9.47 Å². The molecule has 3 aromatic carbocycles. The lowest BCUT2D eigenvalue weighted by atomic mass is 9.85. The van der Waals surface area contributed by atoms with Gasteiger partial charge in [0.1, 0.15) is 24.4 Å². The number of rotatable bonds is 19. The fourth-order valence-corrected chi connectivity index (χ4v) is 11.5. The number of aryl methyl sites for hydroxylation is 2. The first-order valence-corrected chi connectivity index (χ1v) is 27.6.